The molecule has 0 aromatic heterocycles. The van der Waals surface area contributed by atoms with Crippen molar-refractivity contribution in [1.82, 2.24) is 0 Å². The molecule has 7 heteroatoms. The predicted molar refractivity (Wildman–Crippen MR) is 126 cm³/mol. The maximum Gasteiger partial charge on any atom is 0.337 e. The average molecular weight is 459 g/mol. The SMILES string of the molecule is CO/C=C(\C(=O)OC)[C@H](C)C(=O)/C=C\c1ccc2c(c1)OC(C)(C)[C@@H](OCC=C(C)C)CO2. The van der Waals surface area contributed by atoms with E-state index >= 15 is 0 Å². The number of methoxy groups -OCH3 is 2. The molecule has 2 rings (SSSR count). The summed E-state index contributed by atoms with van der Waals surface area (Å²) in [5, 5.41) is 0. The zero-order valence-corrected chi connectivity index (χ0v) is 20.5. The monoisotopic (exact) mass is 458 g/mol. The van der Waals surface area contributed by atoms with Gasteiger partial charge in [0.1, 0.15) is 18.3 Å². The summed E-state index contributed by atoms with van der Waals surface area (Å²) in [4.78, 5) is 24.5. The minimum atomic E-state index is -0.716. The number of rotatable bonds is 9. The molecule has 1 aromatic carbocycles. The van der Waals surface area contributed by atoms with Crippen LogP contribution in [0.5, 0.6) is 11.5 Å². The van der Waals surface area contributed by atoms with Crippen LogP contribution in [0.1, 0.15) is 40.2 Å². The summed E-state index contributed by atoms with van der Waals surface area (Å²) in [6, 6.07) is 5.46. The highest BCUT2D eigenvalue weighted by molar-refractivity contribution is 6.03. The van der Waals surface area contributed by atoms with Crippen LogP contribution < -0.4 is 9.47 Å². The van der Waals surface area contributed by atoms with Crippen molar-refractivity contribution in [3.63, 3.8) is 0 Å². The Kier molecular flexibility index (Phi) is 9.29. The number of esters is 1. The lowest BCUT2D eigenvalue weighted by Crippen LogP contribution is -2.45. The summed E-state index contributed by atoms with van der Waals surface area (Å²) in [6.07, 6.45) is 6.08. The van der Waals surface area contributed by atoms with Crippen LogP contribution in [-0.2, 0) is 23.8 Å². The van der Waals surface area contributed by atoms with E-state index in [2.05, 4.69) is 0 Å². The van der Waals surface area contributed by atoms with Crippen molar-refractivity contribution < 1.29 is 33.3 Å². The van der Waals surface area contributed by atoms with Gasteiger partial charge in [0, 0.05) is 0 Å². The average Bonchev–Trinajstić information content (AvgIpc) is 2.89. The third-order valence-electron chi connectivity index (χ3n) is 5.29. The molecule has 0 spiro atoms. The Morgan fingerprint density at radius 1 is 1.21 bits per heavy atom. The molecule has 1 heterocycles. The molecule has 180 valence electrons. The quantitative estimate of drug-likeness (QED) is 0.233. The fraction of sp³-hybridized carbons (Fsp3) is 0.462. The fourth-order valence-corrected chi connectivity index (χ4v) is 3.17. The standard InChI is InChI=1S/C26H34O7/c1-17(2)12-13-31-24-16-32-22-11-9-19(14-23(22)33-26(24,4)5)8-10-21(27)18(3)20(15-29-6)25(28)30-7/h8-12,14-15,18,24H,13,16H2,1-7H3/b10-8-,20-15-/t18-,24-/m0/s1. The van der Waals surface area contributed by atoms with Crippen LogP contribution in [0.15, 0.2) is 47.8 Å². The fourth-order valence-electron chi connectivity index (χ4n) is 3.17. The van der Waals surface area contributed by atoms with Crippen molar-refractivity contribution in [1.29, 1.82) is 0 Å². The Morgan fingerprint density at radius 2 is 1.94 bits per heavy atom. The Balaban J connectivity index is 2.16. The molecule has 0 saturated carbocycles. The topological polar surface area (TPSA) is 80.3 Å². The maximum atomic E-state index is 12.6. The van der Waals surface area contributed by atoms with E-state index in [-0.39, 0.29) is 17.5 Å². The first-order valence-electron chi connectivity index (χ1n) is 10.8. The molecule has 2 atom stereocenters. The highest BCUT2D eigenvalue weighted by atomic mass is 16.6. The van der Waals surface area contributed by atoms with Gasteiger partial charge in [-0.15, -0.1) is 0 Å². The molecular weight excluding hydrogens is 424 g/mol. The van der Waals surface area contributed by atoms with E-state index in [0.29, 0.717) is 24.7 Å². The number of carbonyl (C=O) groups is 2. The minimum Gasteiger partial charge on any atom is -0.504 e. The highest BCUT2D eigenvalue weighted by Crippen LogP contribution is 2.36. The van der Waals surface area contributed by atoms with Gasteiger partial charge in [-0.1, -0.05) is 30.7 Å². The smallest absolute Gasteiger partial charge is 0.337 e. The number of ether oxygens (including phenoxy) is 5. The summed E-state index contributed by atoms with van der Waals surface area (Å²) in [5.74, 6) is -0.393. The lowest BCUT2D eigenvalue weighted by molar-refractivity contribution is -0.137. The van der Waals surface area contributed by atoms with E-state index in [1.807, 2.05) is 52.0 Å². The van der Waals surface area contributed by atoms with Crippen LogP contribution in [0.4, 0.5) is 0 Å². The summed E-state index contributed by atoms with van der Waals surface area (Å²) >= 11 is 0. The van der Waals surface area contributed by atoms with E-state index in [4.69, 9.17) is 23.7 Å². The third-order valence-corrected chi connectivity index (χ3v) is 5.29. The molecule has 0 aliphatic carbocycles. The molecule has 1 aliphatic heterocycles. The zero-order valence-electron chi connectivity index (χ0n) is 20.5. The Bertz CT molecular complexity index is 936. The van der Waals surface area contributed by atoms with Gasteiger partial charge in [0.25, 0.3) is 0 Å². The van der Waals surface area contributed by atoms with Crippen molar-refractivity contribution in [3.8, 4) is 11.5 Å². The van der Waals surface area contributed by atoms with Gasteiger partial charge in [-0.2, -0.15) is 0 Å². The zero-order chi connectivity index (χ0) is 24.6. The molecule has 0 radical (unpaired) electrons. The maximum absolute atomic E-state index is 12.6. The molecule has 0 unspecified atom stereocenters. The van der Waals surface area contributed by atoms with Crippen molar-refractivity contribution in [2.75, 3.05) is 27.4 Å². The number of fused-ring (bicyclic) bond motifs is 1. The van der Waals surface area contributed by atoms with Crippen LogP contribution in [0, 0.1) is 5.92 Å². The molecular formula is C26H34O7. The predicted octanol–water partition coefficient (Wildman–Crippen LogP) is 4.51. The minimum absolute atomic E-state index is 0.147. The second kappa shape index (κ2) is 11.7. The first kappa shape index (κ1) is 26.2. The molecule has 0 amide bonds. The summed E-state index contributed by atoms with van der Waals surface area (Å²) in [6.45, 7) is 10.4. The Hall–Kier alpha value is -3.06. The van der Waals surface area contributed by atoms with Gasteiger partial charge in [0.05, 0.1) is 38.6 Å². The van der Waals surface area contributed by atoms with Crippen molar-refractivity contribution >= 4 is 17.8 Å². The largest absolute Gasteiger partial charge is 0.504 e. The lowest BCUT2D eigenvalue weighted by atomic mass is 9.96. The number of allylic oxidation sites excluding steroid dienone is 2. The third kappa shape index (κ3) is 7.22. The molecule has 7 nitrogen and oxygen atoms in total. The Labute approximate surface area is 196 Å². The van der Waals surface area contributed by atoms with Crippen molar-refractivity contribution in [2.24, 2.45) is 5.92 Å². The Morgan fingerprint density at radius 3 is 2.58 bits per heavy atom. The van der Waals surface area contributed by atoms with E-state index < -0.39 is 17.5 Å². The molecule has 0 bridgehead atoms. The van der Waals surface area contributed by atoms with Crippen LogP contribution in [0.3, 0.4) is 0 Å². The molecule has 0 saturated heterocycles. The molecule has 33 heavy (non-hydrogen) atoms. The molecule has 1 aromatic rings. The summed E-state index contributed by atoms with van der Waals surface area (Å²) in [7, 11) is 2.67. The van der Waals surface area contributed by atoms with E-state index in [9.17, 15) is 9.59 Å². The normalized spacial score (nSPS) is 18.3. The number of benzene rings is 1. The van der Waals surface area contributed by atoms with Gasteiger partial charge >= 0.3 is 5.97 Å². The van der Waals surface area contributed by atoms with Gasteiger partial charge in [0.15, 0.2) is 17.3 Å². The van der Waals surface area contributed by atoms with Gasteiger partial charge in [-0.25, -0.2) is 4.79 Å². The number of ketones is 1. The van der Waals surface area contributed by atoms with Gasteiger partial charge < -0.3 is 23.7 Å². The summed E-state index contributed by atoms with van der Waals surface area (Å²) in [5.41, 5.74) is 1.47. The number of carbonyl (C=O) groups excluding carboxylic acids is 2. The number of hydrogen-bond acceptors (Lipinski definition) is 7. The van der Waals surface area contributed by atoms with Crippen LogP contribution in [0.2, 0.25) is 0 Å². The molecule has 0 fully saturated rings. The lowest BCUT2D eigenvalue weighted by Gasteiger charge is -2.31. The van der Waals surface area contributed by atoms with Gasteiger partial charge in [-0.05, 0) is 51.5 Å². The summed E-state index contributed by atoms with van der Waals surface area (Å²) < 4.78 is 27.8. The van der Waals surface area contributed by atoms with Crippen LogP contribution in [0.25, 0.3) is 6.08 Å². The molecule has 1 aliphatic rings. The highest BCUT2D eigenvalue weighted by Gasteiger charge is 2.36. The molecule has 0 N–H and O–H groups in total. The van der Waals surface area contributed by atoms with Crippen molar-refractivity contribution in [2.45, 2.75) is 46.3 Å². The van der Waals surface area contributed by atoms with Crippen molar-refractivity contribution in [3.05, 3.63) is 53.3 Å². The number of hydrogen-bond donors (Lipinski definition) is 0. The first-order valence-corrected chi connectivity index (χ1v) is 10.8. The first-order chi connectivity index (χ1) is 15.6. The van der Waals surface area contributed by atoms with E-state index in [1.165, 1.54) is 32.1 Å². The second-order valence-corrected chi connectivity index (χ2v) is 8.58. The van der Waals surface area contributed by atoms with Gasteiger partial charge in [-0.3, -0.25) is 4.79 Å². The van der Waals surface area contributed by atoms with Gasteiger partial charge in [0.2, 0.25) is 0 Å². The van der Waals surface area contributed by atoms with Crippen LogP contribution in [-0.4, -0.2) is 50.9 Å². The van der Waals surface area contributed by atoms with E-state index in [1.54, 1.807) is 13.0 Å². The van der Waals surface area contributed by atoms with Crippen LogP contribution >= 0.6 is 0 Å². The second-order valence-electron chi connectivity index (χ2n) is 8.58. The van der Waals surface area contributed by atoms with E-state index in [0.717, 1.165) is 5.56 Å².